The van der Waals surface area contributed by atoms with Crippen molar-refractivity contribution in [3.63, 3.8) is 0 Å². The fourth-order valence-electron chi connectivity index (χ4n) is 1.95. The molecular formula is C16H18FN3O2S. The number of halogens is 1. The molecule has 0 atom stereocenters. The molecular weight excluding hydrogens is 317 g/mol. The summed E-state index contributed by atoms with van der Waals surface area (Å²) in [5.41, 5.74) is 0.458. The number of carbonyl (C=O) groups excluding carboxylic acids is 2. The third-order valence-corrected chi connectivity index (χ3v) is 4.08. The van der Waals surface area contributed by atoms with Crippen molar-refractivity contribution < 1.29 is 14.0 Å². The maximum Gasteiger partial charge on any atom is 0.321 e. The van der Waals surface area contributed by atoms with Crippen LogP contribution in [0.4, 0.5) is 20.6 Å². The maximum atomic E-state index is 13.8. The molecule has 0 saturated heterocycles. The second-order valence-electron chi connectivity index (χ2n) is 5.06. The molecule has 7 heteroatoms. The molecule has 23 heavy (non-hydrogen) atoms. The lowest BCUT2D eigenvalue weighted by atomic mass is 10.2. The lowest BCUT2D eigenvalue weighted by Gasteiger charge is -2.18. The highest BCUT2D eigenvalue weighted by atomic mass is 32.1. The van der Waals surface area contributed by atoms with Gasteiger partial charge in [-0.3, -0.25) is 4.79 Å². The molecule has 0 fully saturated rings. The number of benzene rings is 1. The Labute approximate surface area is 138 Å². The number of amides is 3. The van der Waals surface area contributed by atoms with Crippen LogP contribution in [0.5, 0.6) is 0 Å². The van der Waals surface area contributed by atoms with Crippen molar-refractivity contribution in [2.75, 3.05) is 24.2 Å². The predicted molar refractivity (Wildman–Crippen MR) is 90.4 cm³/mol. The van der Waals surface area contributed by atoms with Gasteiger partial charge in [-0.1, -0.05) is 6.07 Å². The average Bonchev–Trinajstić information content (AvgIpc) is 3.01. The van der Waals surface area contributed by atoms with Crippen LogP contribution in [0.3, 0.4) is 0 Å². The van der Waals surface area contributed by atoms with Crippen LogP contribution in [0.15, 0.2) is 35.7 Å². The molecule has 2 N–H and O–H groups in total. The Bertz CT molecular complexity index is 689. The third-order valence-electron chi connectivity index (χ3n) is 3.15. The Morgan fingerprint density at radius 1 is 1.26 bits per heavy atom. The normalized spacial score (nSPS) is 10.2. The fourth-order valence-corrected chi connectivity index (χ4v) is 2.65. The van der Waals surface area contributed by atoms with Crippen molar-refractivity contribution >= 4 is 34.6 Å². The molecule has 1 heterocycles. The molecule has 0 radical (unpaired) electrons. The molecule has 0 aliphatic heterocycles. The molecule has 2 aromatic rings. The van der Waals surface area contributed by atoms with Gasteiger partial charge in [0, 0.05) is 31.1 Å². The van der Waals surface area contributed by atoms with E-state index in [1.807, 2.05) is 17.5 Å². The Hall–Kier alpha value is -2.41. The zero-order valence-electron chi connectivity index (χ0n) is 12.9. The van der Waals surface area contributed by atoms with Crippen LogP contribution < -0.4 is 10.6 Å². The topological polar surface area (TPSA) is 61.4 Å². The first kappa shape index (κ1) is 17.0. The summed E-state index contributed by atoms with van der Waals surface area (Å²) in [5.74, 6) is -0.818. The summed E-state index contributed by atoms with van der Waals surface area (Å²) in [4.78, 5) is 25.8. The highest BCUT2D eigenvalue weighted by molar-refractivity contribution is 7.09. The molecule has 0 unspecified atom stereocenters. The van der Waals surface area contributed by atoms with Gasteiger partial charge in [-0.2, -0.15) is 0 Å². The van der Waals surface area contributed by atoms with Crippen molar-refractivity contribution in [3.05, 3.63) is 46.4 Å². The van der Waals surface area contributed by atoms with Gasteiger partial charge in [0.05, 0.1) is 5.69 Å². The van der Waals surface area contributed by atoms with Gasteiger partial charge in [-0.05, 0) is 36.1 Å². The Kier molecular flexibility index (Phi) is 5.70. The predicted octanol–water partition coefficient (Wildman–Crippen LogP) is 3.55. The first-order valence-corrected chi connectivity index (χ1v) is 7.95. The Morgan fingerprint density at radius 2 is 2.04 bits per heavy atom. The van der Waals surface area contributed by atoms with Crippen LogP contribution in [0.2, 0.25) is 0 Å². The van der Waals surface area contributed by atoms with Gasteiger partial charge in [0.1, 0.15) is 5.82 Å². The SMILES string of the molecule is CC(=O)Nc1ccc(F)c(NC(=O)N(C)CCc2cccs2)c1. The summed E-state index contributed by atoms with van der Waals surface area (Å²) in [5, 5.41) is 7.05. The number of hydrogen-bond donors (Lipinski definition) is 2. The monoisotopic (exact) mass is 335 g/mol. The number of rotatable bonds is 5. The molecule has 0 saturated carbocycles. The first-order valence-electron chi connectivity index (χ1n) is 7.07. The fraction of sp³-hybridized carbons (Fsp3) is 0.250. The Balaban J connectivity index is 1.96. The van der Waals surface area contributed by atoms with E-state index in [4.69, 9.17) is 0 Å². The standard InChI is InChI=1S/C16H18FN3O2S/c1-11(21)18-12-5-6-14(17)15(10-12)19-16(22)20(2)8-7-13-4-3-9-23-13/h3-6,9-10H,7-8H2,1-2H3,(H,18,21)(H,19,22). The van der Waals surface area contributed by atoms with Crippen LogP contribution in [0.25, 0.3) is 0 Å². The van der Waals surface area contributed by atoms with Gasteiger partial charge in [-0.25, -0.2) is 9.18 Å². The van der Waals surface area contributed by atoms with Gasteiger partial charge in [0.15, 0.2) is 0 Å². The lowest BCUT2D eigenvalue weighted by Crippen LogP contribution is -2.33. The summed E-state index contributed by atoms with van der Waals surface area (Å²) in [6.45, 7) is 1.89. The van der Waals surface area contributed by atoms with E-state index in [1.54, 1.807) is 18.4 Å². The van der Waals surface area contributed by atoms with Crippen molar-refractivity contribution in [3.8, 4) is 0 Å². The minimum absolute atomic E-state index is 0.0317. The average molecular weight is 335 g/mol. The smallest absolute Gasteiger partial charge is 0.321 e. The van der Waals surface area contributed by atoms with E-state index in [0.717, 1.165) is 6.42 Å². The number of thiophene rings is 1. The number of urea groups is 1. The van der Waals surface area contributed by atoms with Gasteiger partial charge in [-0.15, -0.1) is 11.3 Å². The number of nitrogens with one attached hydrogen (secondary N) is 2. The van der Waals surface area contributed by atoms with E-state index in [0.29, 0.717) is 12.2 Å². The largest absolute Gasteiger partial charge is 0.327 e. The molecule has 0 aliphatic rings. The summed E-state index contributed by atoms with van der Waals surface area (Å²) >= 11 is 1.63. The van der Waals surface area contributed by atoms with Crippen molar-refractivity contribution in [2.24, 2.45) is 0 Å². The van der Waals surface area contributed by atoms with Crippen LogP contribution in [0.1, 0.15) is 11.8 Å². The number of carbonyl (C=O) groups is 2. The number of hydrogen-bond acceptors (Lipinski definition) is 3. The minimum Gasteiger partial charge on any atom is -0.327 e. The van der Waals surface area contributed by atoms with Gasteiger partial charge >= 0.3 is 6.03 Å². The number of nitrogens with zero attached hydrogens (tertiary/aromatic N) is 1. The molecule has 5 nitrogen and oxygen atoms in total. The molecule has 2 rings (SSSR count). The second kappa shape index (κ2) is 7.73. The number of anilines is 2. The summed E-state index contributed by atoms with van der Waals surface area (Å²) in [6, 6.07) is 7.59. The van der Waals surface area contributed by atoms with E-state index in [1.165, 1.54) is 34.9 Å². The molecule has 0 aliphatic carbocycles. The molecule has 1 aromatic heterocycles. The van der Waals surface area contributed by atoms with Crippen molar-refractivity contribution in [2.45, 2.75) is 13.3 Å². The van der Waals surface area contributed by atoms with Gasteiger partial charge in [0.25, 0.3) is 0 Å². The highest BCUT2D eigenvalue weighted by Crippen LogP contribution is 2.20. The number of likely N-dealkylation sites (N-methyl/N-ethyl adjacent to an activating group) is 1. The van der Waals surface area contributed by atoms with E-state index in [9.17, 15) is 14.0 Å². The summed E-state index contributed by atoms with van der Waals surface area (Å²) in [7, 11) is 1.65. The minimum atomic E-state index is -0.556. The summed E-state index contributed by atoms with van der Waals surface area (Å²) < 4.78 is 13.8. The van der Waals surface area contributed by atoms with Gasteiger partial charge in [0.2, 0.25) is 5.91 Å². The molecule has 3 amide bonds. The van der Waals surface area contributed by atoms with E-state index in [-0.39, 0.29) is 11.6 Å². The van der Waals surface area contributed by atoms with Gasteiger partial charge < -0.3 is 15.5 Å². The first-order chi connectivity index (χ1) is 11.0. The summed E-state index contributed by atoms with van der Waals surface area (Å²) in [6.07, 6.45) is 0.746. The zero-order chi connectivity index (χ0) is 16.8. The molecule has 0 bridgehead atoms. The van der Waals surface area contributed by atoms with Crippen LogP contribution in [-0.2, 0) is 11.2 Å². The van der Waals surface area contributed by atoms with Crippen LogP contribution in [0, 0.1) is 5.82 Å². The van der Waals surface area contributed by atoms with Crippen molar-refractivity contribution in [1.29, 1.82) is 0 Å². The van der Waals surface area contributed by atoms with Crippen LogP contribution >= 0.6 is 11.3 Å². The third kappa shape index (κ3) is 5.07. The quantitative estimate of drug-likeness (QED) is 0.878. The van der Waals surface area contributed by atoms with Crippen LogP contribution in [-0.4, -0.2) is 30.4 Å². The van der Waals surface area contributed by atoms with Crippen molar-refractivity contribution in [1.82, 2.24) is 4.90 Å². The molecule has 1 aromatic carbocycles. The van der Waals surface area contributed by atoms with E-state index >= 15 is 0 Å². The zero-order valence-corrected chi connectivity index (χ0v) is 13.7. The van der Waals surface area contributed by atoms with E-state index in [2.05, 4.69) is 10.6 Å². The molecule has 122 valence electrons. The Morgan fingerprint density at radius 3 is 2.70 bits per heavy atom. The lowest BCUT2D eigenvalue weighted by molar-refractivity contribution is -0.114. The highest BCUT2D eigenvalue weighted by Gasteiger charge is 2.12. The maximum absolute atomic E-state index is 13.8. The second-order valence-corrected chi connectivity index (χ2v) is 6.09. The molecule has 0 spiro atoms. The van der Waals surface area contributed by atoms with E-state index < -0.39 is 11.8 Å².